The summed E-state index contributed by atoms with van der Waals surface area (Å²) in [5.41, 5.74) is 1.99. The molecule has 3 nitrogen and oxygen atoms in total. The molecule has 0 radical (unpaired) electrons. The molecule has 0 saturated heterocycles. The number of rotatable bonds is 1. The van der Waals surface area contributed by atoms with Gasteiger partial charge in [-0.3, -0.25) is 4.79 Å². The number of hydrogen-bond donors (Lipinski definition) is 1. The Balaban J connectivity index is 2.36. The zero-order valence-electron chi connectivity index (χ0n) is 10.7. The van der Waals surface area contributed by atoms with Crippen LogP contribution in [-0.4, -0.2) is 5.11 Å². The van der Waals surface area contributed by atoms with E-state index in [0.717, 1.165) is 9.13 Å². The van der Waals surface area contributed by atoms with Crippen molar-refractivity contribution in [3.8, 4) is 17.1 Å². The van der Waals surface area contributed by atoms with Gasteiger partial charge in [0.05, 0.1) is 14.5 Å². The molecule has 0 fully saturated rings. The molecule has 0 bridgehead atoms. The van der Waals surface area contributed by atoms with Crippen LogP contribution in [0.25, 0.3) is 22.3 Å². The Labute approximate surface area is 129 Å². The molecule has 1 N–H and O–H groups in total. The lowest BCUT2D eigenvalue weighted by Gasteiger charge is -2.07. The van der Waals surface area contributed by atoms with Crippen LogP contribution in [0, 0.1) is 10.5 Å². The first kappa shape index (κ1) is 13.2. The third-order valence-corrected chi connectivity index (χ3v) is 3.90. The van der Waals surface area contributed by atoms with E-state index in [1.807, 2.05) is 19.1 Å². The van der Waals surface area contributed by atoms with Crippen LogP contribution in [-0.2, 0) is 0 Å². The minimum absolute atomic E-state index is 0.0946. The van der Waals surface area contributed by atoms with Crippen molar-refractivity contribution in [3.63, 3.8) is 0 Å². The summed E-state index contributed by atoms with van der Waals surface area (Å²) in [5.74, 6) is 0.472. The normalized spacial score (nSPS) is 10.9. The number of aromatic hydroxyl groups is 1. The molecule has 1 aromatic heterocycles. The van der Waals surface area contributed by atoms with Gasteiger partial charge in [0.2, 0.25) is 0 Å². The smallest absolute Gasteiger partial charge is 0.193 e. The van der Waals surface area contributed by atoms with Crippen molar-refractivity contribution < 1.29 is 9.52 Å². The fourth-order valence-electron chi connectivity index (χ4n) is 2.17. The Bertz CT molecular complexity index is 865. The molecule has 20 heavy (non-hydrogen) atoms. The summed E-state index contributed by atoms with van der Waals surface area (Å²) >= 11 is 2.15. The highest BCUT2D eigenvalue weighted by Gasteiger charge is 2.12. The van der Waals surface area contributed by atoms with E-state index >= 15 is 0 Å². The largest absolute Gasteiger partial charge is 0.507 e. The topological polar surface area (TPSA) is 50.4 Å². The van der Waals surface area contributed by atoms with Crippen LogP contribution in [0.4, 0.5) is 0 Å². The molecular formula is C16H11IO3. The lowest BCUT2D eigenvalue weighted by molar-refractivity contribution is 0.474. The highest BCUT2D eigenvalue weighted by atomic mass is 127. The van der Waals surface area contributed by atoms with Crippen LogP contribution < -0.4 is 5.43 Å². The summed E-state index contributed by atoms with van der Waals surface area (Å²) in [7, 11) is 0. The van der Waals surface area contributed by atoms with E-state index in [-0.39, 0.29) is 11.2 Å². The van der Waals surface area contributed by atoms with E-state index in [4.69, 9.17) is 4.42 Å². The van der Waals surface area contributed by atoms with Gasteiger partial charge in [-0.15, -0.1) is 0 Å². The van der Waals surface area contributed by atoms with E-state index in [9.17, 15) is 9.90 Å². The predicted octanol–water partition coefficient (Wildman–Crippen LogP) is 4.08. The fourth-order valence-corrected chi connectivity index (χ4v) is 3.06. The Morgan fingerprint density at radius 2 is 1.90 bits per heavy atom. The number of para-hydroxylation sites is 1. The van der Waals surface area contributed by atoms with Crippen LogP contribution >= 0.6 is 22.6 Å². The third-order valence-electron chi connectivity index (χ3n) is 3.10. The van der Waals surface area contributed by atoms with Gasteiger partial charge >= 0.3 is 0 Å². The quantitative estimate of drug-likeness (QED) is 0.650. The molecular weight excluding hydrogens is 367 g/mol. The fraction of sp³-hybridized carbons (Fsp3) is 0.0625. The first-order valence-corrected chi connectivity index (χ1v) is 7.16. The van der Waals surface area contributed by atoms with Crippen molar-refractivity contribution in [1.82, 2.24) is 0 Å². The third kappa shape index (κ3) is 2.20. The average molecular weight is 378 g/mol. The monoisotopic (exact) mass is 378 g/mol. The van der Waals surface area contributed by atoms with Crippen molar-refractivity contribution >= 4 is 33.6 Å². The summed E-state index contributed by atoms with van der Waals surface area (Å²) in [6.45, 7) is 1.94. The Morgan fingerprint density at radius 1 is 1.15 bits per heavy atom. The maximum atomic E-state index is 12.2. The molecule has 0 saturated carbocycles. The van der Waals surface area contributed by atoms with Crippen molar-refractivity contribution in [3.05, 3.63) is 61.8 Å². The summed E-state index contributed by atoms with van der Waals surface area (Å²) in [5, 5.41) is 10.4. The number of halogens is 1. The maximum Gasteiger partial charge on any atom is 0.193 e. The number of fused-ring (bicyclic) bond motifs is 1. The van der Waals surface area contributed by atoms with Crippen LogP contribution in [0.1, 0.15) is 5.56 Å². The minimum Gasteiger partial charge on any atom is -0.507 e. The molecule has 4 heteroatoms. The predicted molar refractivity (Wildman–Crippen MR) is 87.0 cm³/mol. The Kier molecular flexibility index (Phi) is 3.25. The zero-order valence-corrected chi connectivity index (χ0v) is 12.8. The van der Waals surface area contributed by atoms with Crippen LogP contribution in [0.2, 0.25) is 0 Å². The summed E-state index contributed by atoms with van der Waals surface area (Å²) in [6.07, 6.45) is 0. The van der Waals surface area contributed by atoms with E-state index in [0.29, 0.717) is 22.3 Å². The number of hydrogen-bond acceptors (Lipinski definition) is 3. The number of phenolic OH excluding ortho intramolecular Hbond substituents is 1. The highest BCUT2D eigenvalue weighted by Crippen LogP contribution is 2.31. The Hall–Kier alpha value is -1.82. The number of phenols is 1. The average Bonchev–Trinajstić information content (AvgIpc) is 2.40. The maximum absolute atomic E-state index is 12.2. The van der Waals surface area contributed by atoms with Gasteiger partial charge in [0.1, 0.15) is 11.5 Å². The molecule has 0 aliphatic rings. The molecule has 0 aliphatic carbocycles. The van der Waals surface area contributed by atoms with Crippen molar-refractivity contribution in [1.29, 1.82) is 0 Å². The van der Waals surface area contributed by atoms with Gasteiger partial charge in [-0.05, 0) is 59.3 Å². The second-order valence-electron chi connectivity index (χ2n) is 4.62. The first-order valence-electron chi connectivity index (χ1n) is 6.08. The summed E-state index contributed by atoms with van der Waals surface area (Å²) in [4.78, 5) is 12.2. The molecule has 3 rings (SSSR count). The van der Waals surface area contributed by atoms with Crippen molar-refractivity contribution in [2.75, 3.05) is 0 Å². The standard InChI is InChI=1S/C16H11IO3/c1-9-6-11-14(19)8-15(20-16(11)12(17)7-9)10-4-2-3-5-13(10)18/h2-8,18H,1H3. The van der Waals surface area contributed by atoms with E-state index in [2.05, 4.69) is 22.6 Å². The molecule has 0 amide bonds. The lowest BCUT2D eigenvalue weighted by Crippen LogP contribution is -2.02. The van der Waals surface area contributed by atoms with Crippen LogP contribution in [0.3, 0.4) is 0 Å². The molecule has 1 heterocycles. The molecule has 0 aliphatic heterocycles. The molecule has 3 aromatic rings. The molecule has 0 spiro atoms. The SMILES string of the molecule is Cc1cc(I)c2oc(-c3ccccc3O)cc(=O)c2c1. The van der Waals surface area contributed by atoms with Gasteiger partial charge in [-0.2, -0.15) is 0 Å². The zero-order chi connectivity index (χ0) is 14.3. The number of aryl methyl sites for hydroxylation is 1. The van der Waals surface area contributed by atoms with Gasteiger partial charge in [0.25, 0.3) is 0 Å². The molecule has 0 atom stereocenters. The summed E-state index contributed by atoms with van der Waals surface area (Å²) in [6, 6.07) is 12.0. The van der Waals surface area contributed by atoms with Gasteiger partial charge in [0.15, 0.2) is 11.0 Å². The van der Waals surface area contributed by atoms with Gasteiger partial charge in [-0.1, -0.05) is 12.1 Å². The van der Waals surface area contributed by atoms with E-state index in [1.165, 1.54) is 6.07 Å². The van der Waals surface area contributed by atoms with Crippen LogP contribution in [0.5, 0.6) is 5.75 Å². The second kappa shape index (κ2) is 4.94. The minimum atomic E-state index is -0.105. The van der Waals surface area contributed by atoms with Crippen molar-refractivity contribution in [2.24, 2.45) is 0 Å². The van der Waals surface area contributed by atoms with Gasteiger partial charge in [0, 0.05) is 6.07 Å². The molecule has 0 unspecified atom stereocenters. The van der Waals surface area contributed by atoms with Crippen molar-refractivity contribution in [2.45, 2.75) is 6.92 Å². The van der Waals surface area contributed by atoms with Gasteiger partial charge < -0.3 is 9.52 Å². The lowest BCUT2D eigenvalue weighted by atomic mass is 10.1. The number of benzene rings is 2. The Morgan fingerprint density at radius 3 is 2.65 bits per heavy atom. The van der Waals surface area contributed by atoms with Gasteiger partial charge in [-0.25, -0.2) is 0 Å². The molecule has 2 aromatic carbocycles. The van der Waals surface area contributed by atoms with E-state index < -0.39 is 0 Å². The first-order chi connectivity index (χ1) is 9.56. The highest BCUT2D eigenvalue weighted by molar-refractivity contribution is 14.1. The van der Waals surface area contributed by atoms with E-state index in [1.54, 1.807) is 24.3 Å². The molecule has 100 valence electrons. The van der Waals surface area contributed by atoms with Crippen LogP contribution in [0.15, 0.2) is 51.7 Å². The summed E-state index contributed by atoms with van der Waals surface area (Å²) < 4.78 is 6.71. The second-order valence-corrected chi connectivity index (χ2v) is 5.78.